The van der Waals surface area contributed by atoms with E-state index in [0.29, 0.717) is 0 Å². The number of halogens is 1. The highest BCUT2D eigenvalue weighted by atomic mass is 79.9. The van der Waals surface area contributed by atoms with Gasteiger partial charge in [0.25, 0.3) is 0 Å². The minimum Gasteiger partial charge on any atom is -0.369 e. The largest absolute Gasteiger partial charge is 0.369 e. The van der Waals surface area contributed by atoms with Crippen molar-refractivity contribution in [3.63, 3.8) is 0 Å². The summed E-state index contributed by atoms with van der Waals surface area (Å²) in [5.41, 5.74) is 2.76. The third-order valence-electron chi connectivity index (χ3n) is 4.09. The Kier molecular flexibility index (Phi) is 3.59. The molecule has 0 bridgehead atoms. The van der Waals surface area contributed by atoms with Crippen LogP contribution in [0.25, 0.3) is 0 Å². The molecule has 0 spiro atoms. The van der Waals surface area contributed by atoms with Crippen LogP contribution in [0.2, 0.25) is 0 Å². The van der Waals surface area contributed by atoms with Gasteiger partial charge in [-0.05, 0) is 30.7 Å². The van der Waals surface area contributed by atoms with Gasteiger partial charge in [0, 0.05) is 55.5 Å². The number of nitrogens with zero attached hydrogens (tertiary/aromatic N) is 2. The number of hydrogen-bond acceptors (Lipinski definition) is 3. The van der Waals surface area contributed by atoms with Crippen molar-refractivity contribution in [3.05, 3.63) is 28.2 Å². The van der Waals surface area contributed by atoms with Crippen LogP contribution >= 0.6 is 15.9 Å². The van der Waals surface area contributed by atoms with Crippen LogP contribution in [-0.2, 0) is 0 Å². The molecule has 1 aromatic rings. The van der Waals surface area contributed by atoms with Gasteiger partial charge in [0.15, 0.2) is 0 Å². The minimum atomic E-state index is 0.790. The summed E-state index contributed by atoms with van der Waals surface area (Å²) in [7, 11) is 0. The zero-order valence-corrected chi connectivity index (χ0v) is 12.4. The molecule has 0 aromatic heterocycles. The van der Waals surface area contributed by atoms with E-state index in [1.807, 2.05) is 0 Å². The lowest BCUT2D eigenvalue weighted by atomic mass is 10.1. The Bertz CT molecular complexity index is 423. The first-order valence-corrected chi connectivity index (χ1v) is 7.49. The van der Waals surface area contributed by atoms with Gasteiger partial charge in [0.2, 0.25) is 0 Å². The predicted octanol–water partition coefficient (Wildman–Crippen LogP) is 1.85. The molecule has 4 heteroatoms. The van der Waals surface area contributed by atoms with E-state index in [2.05, 4.69) is 56.2 Å². The van der Waals surface area contributed by atoms with Gasteiger partial charge in [0.1, 0.15) is 0 Å². The van der Waals surface area contributed by atoms with Crippen molar-refractivity contribution in [3.8, 4) is 0 Å². The van der Waals surface area contributed by atoms with Crippen molar-refractivity contribution >= 4 is 21.6 Å². The Balaban J connectivity index is 1.64. The van der Waals surface area contributed by atoms with Crippen molar-refractivity contribution in [2.45, 2.75) is 13.0 Å². The quantitative estimate of drug-likeness (QED) is 0.899. The van der Waals surface area contributed by atoms with Crippen LogP contribution in [0, 0.1) is 6.92 Å². The Morgan fingerprint density at radius 2 is 1.89 bits per heavy atom. The van der Waals surface area contributed by atoms with Crippen LogP contribution < -0.4 is 10.2 Å². The molecule has 0 atom stereocenters. The highest BCUT2D eigenvalue weighted by Crippen LogP contribution is 2.25. The van der Waals surface area contributed by atoms with Gasteiger partial charge in [-0.3, -0.25) is 4.90 Å². The van der Waals surface area contributed by atoms with E-state index >= 15 is 0 Å². The fourth-order valence-corrected chi connectivity index (χ4v) is 3.31. The summed E-state index contributed by atoms with van der Waals surface area (Å²) in [6, 6.07) is 7.38. The molecule has 0 unspecified atom stereocenters. The number of hydrogen-bond donors (Lipinski definition) is 1. The summed E-state index contributed by atoms with van der Waals surface area (Å²) in [5.74, 6) is 0. The highest BCUT2D eigenvalue weighted by molar-refractivity contribution is 9.10. The fourth-order valence-electron chi connectivity index (χ4n) is 2.83. The molecule has 2 heterocycles. The zero-order chi connectivity index (χ0) is 12.5. The summed E-state index contributed by atoms with van der Waals surface area (Å²) in [4.78, 5) is 5.14. The fraction of sp³-hybridized carbons (Fsp3) is 0.571. The first-order valence-electron chi connectivity index (χ1n) is 6.70. The molecule has 2 aliphatic rings. The predicted molar refractivity (Wildman–Crippen MR) is 79.3 cm³/mol. The van der Waals surface area contributed by atoms with Crippen molar-refractivity contribution in [2.75, 3.05) is 44.2 Å². The van der Waals surface area contributed by atoms with Crippen molar-refractivity contribution in [1.82, 2.24) is 10.2 Å². The Hall–Kier alpha value is -0.580. The maximum Gasteiger partial charge on any atom is 0.0397 e. The first-order chi connectivity index (χ1) is 8.74. The molecule has 1 aromatic carbocycles. The van der Waals surface area contributed by atoms with Gasteiger partial charge in [0.05, 0.1) is 0 Å². The van der Waals surface area contributed by atoms with Crippen molar-refractivity contribution < 1.29 is 0 Å². The standard InChI is InChI=1S/C14H20BrN3/c1-11-8-12(15)2-3-14(11)18-6-4-17(5-7-18)13-9-16-10-13/h2-3,8,13,16H,4-7,9-10H2,1H3. The van der Waals surface area contributed by atoms with Gasteiger partial charge >= 0.3 is 0 Å². The van der Waals surface area contributed by atoms with Crippen LogP contribution in [0.1, 0.15) is 5.56 Å². The third kappa shape index (κ3) is 2.42. The summed E-state index contributed by atoms with van der Waals surface area (Å²) in [5, 5.41) is 3.36. The molecule has 2 saturated heterocycles. The number of rotatable bonds is 2. The van der Waals surface area contributed by atoms with Gasteiger partial charge in [-0.2, -0.15) is 0 Å². The SMILES string of the molecule is Cc1cc(Br)ccc1N1CCN(C2CNC2)CC1. The lowest BCUT2D eigenvalue weighted by molar-refractivity contribution is 0.138. The molecule has 2 fully saturated rings. The number of anilines is 1. The average Bonchev–Trinajstić information content (AvgIpc) is 2.28. The second-order valence-corrected chi connectivity index (χ2v) is 6.18. The van der Waals surface area contributed by atoms with Gasteiger partial charge < -0.3 is 10.2 Å². The molecule has 98 valence electrons. The second kappa shape index (κ2) is 5.19. The smallest absolute Gasteiger partial charge is 0.0397 e. The first kappa shape index (κ1) is 12.5. The van der Waals surface area contributed by atoms with E-state index in [1.165, 1.54) is 41.9 Å². The summed E-state index contributed by atoms with van der Waals surface area (Å²) in [6.07, 6.45) is 0. The number of aryl methyl sites for hydroxylation is 1. The van der Waals surface area contributed by atoms with E-state index in [4.69, 9.17) is 0 Å². The van der Waals surface area contributed by atoms with Gasteiger partial charge in [-0.25, -0.2) is 0 Å². The summed E-state index contributed by atoms with van der Waals surface area (Å²) < 4.78 is 1.17. The molecular weight excluding hydrogens is 290 g/mol. The summed E-state index contributed by atoms with van der Waals surface area (Å²) >= 11 is 3.53. The molecule has 18 heavy (non-hydrogen) atoms. The van der Waals surface area contributed by atoms with Crippen molar-refractivity contribution in [1.29, 1.82) is 0 Å². The molecule has 0 saturated carbocycles. The maximum absolute atomic E-state index is 3.53. The monoisotopic (exact) mass is 309 g/mol. The molecule has 1 N–H and O–H groups in total. The molecule has 3 nitrogen and oxygen atoms in total. The summed E-state index contributed by atoms with van der Waals surface area (Å²) in [6.45, 7) is 9.25. The van der Waals surface area contributed by atoms with Gasteiger partial charge in [-0.1, -0.05) is 15.9 Å². The van der Waals surface area contributed by atoms with E-state index in [9.17, 15) is 0 Å². The Morgan fingerprint density at radius 3 is 2.44 bits per heavy atom. The molecule has 0 amide bonds. The molecule has 3 rings (SSSR count). The lowest BCUT2D eigenvalue weighted by Crippen LogP contribution is -2.61. The van der Waals surface area contributed by atoms with Gasteiger partial charge in [-0.15, -0.1) is 0 Å². The van der Waals surface area contributed by atoms with E-state index in [0.717, 1.165) is 19.1 Å². The van der Waals surface area contributed by atoms with Crippen LogP contribution in [0.5, 0.6) is 0 Å². The van der Waals surface area contributed by atoms with Crippen LogP contribution in [0.3, 0.4) is 0 Å². The topological polar surface area (TPSA) is 18.5 Å². The van der Waals surface area contributed by atoms with E-state index in [1.54, 1.807) is 0 Å². The Morgan fingerprint density at radius 1 is 1.17 bits per heavy atom. The molecular formula is C14H20BrN3. The van der Waals surface area contributed by atoms with Crippen molar-refractivity contribution in [2.24, 2.45) is 0 Å². The third-order valence-corrected chi connectivity index (χ3v) is 4.58. The van der Waals surface area contributed by atoms with Crippen LogP contribution in [-0.4, -0.2) is 50.2 Å². The van der Waals surface area contributed by atoms with E-state index < -0.39 is 0 Å². The molecule has 0 radical (unpaired) electrons. The zero-order valence-electron chi connectivity index (χ0n) is 10.8. The van der Waals surface area contributed by atoms with Crippen LogP contribution in [0.15, 0.2) is 22.7 Å². The number of benzene rings is 1. The van der Waals surface area contributed by atoms with Crippen LogP contribution in [0.4, 0.5) is 5.69 Å². The molecule has 2 aliphatic heterocycles. The number of piperazine rings is 1. The highest BCUT2D eigenvalue weighted by Gasteiger charge is 2.27. The number of nitrogens with one attached hydrogen (secondary N) is 1. The second-order valence-electron chi connectivity index (χ2n) is 5.27. The Labute approximate surface area is 117 Å². The maximum atomic E-state index is 3.53. The van der Waals surface area contributed by atoms with E-state index in [-0.39, 0.29) is 0 Å². The minimum absolute atomic E-state index is 0.790. The molecule has 0 aliphatic carbocycles. The normalized spacial score (nSPS) is 22.0. The lowest BCUT2D eigenvalue weighted by Gasteiger charge is -2.44. The average molecular weight is 310 g/mol.